The third-order valence-electron chi connectivity index (χ3n) is 5.56. The average molecular weight is 440 g/mol. The summed E-state index contributed by atoms with van der Waals surface area (Å²) in [5.74, 6) is 1.51. The van der Waals surface area contributed by atoms with Crippen molar-refractivity contribution in [3.63, 3.8) is 0 Å². The van der Waals surface area contributed by atoms with E-state index in [9.17, 15) is 0 Å². The van der Waals surface area contributed by atoms with Crippen LogP contribution in [0.2, 0.25) is 0 Å². The molecule has 0 atom stereocenters. The molecule has 0 aliphatic heterocycles. The maximum absolute atomic E-state index is 5.80. The lowest BCUT2D eigenvalue weighted by Crippen LogP contribution is -2.03. The number of nitrogens with two attached hydrogens (primary N) is 1. The maximum Gasteiger partial charge on any atom is 0.140 e. The number of imidazole rings is 1. The Bertz CT molecular complexity index is 1320. The van der Waals surface area contributed by atoms with Gasteiger partial charge in [-0.1, -0.05) is 24.3 Å². The van der Waals surface area contributed by atoms with E-state index in [1.165, 1.54) is 12.8 Å². The van der Waals surface area contributed by atoms with E-state index in [-0.39, 0.29) is 0 Å². The molecule has 0 amide bonds. The number of fused-ring (bicyclic) bond motifs is 1. The summed E-state index contributed by atoms with van der Waals surface area (Å²) in [6.07, 6.45) is 11.1. The molecule has 0 unspecified atom stereocenters. The van der Waals surface area contributed by atoms with Gasteiger partial charge in [0.15, 0.2) is 0 Å². The van der Waals surface area contributed by atoms with E-state index in [0.29, 0.717) is 12.6 Å². The fourth-order valence-corrected chi connectivity index (χ4v) is 3.50. The lowest BCUT2D eigenvalue weighted by molar-refractivity contribution is 0.414. The van der Waals surface area contributed by atoms with Crippen LogP contribution in [-0.4, -0.2) is 38.7 Å². The van der Waals surface area contributed by atoms with Crippen molar-refractivity contribution in [3.05, 3.63) is 78.5 Å². The number of hydrogen-bond acceptors (Lipinski definition) is 7. The summed E-state index contributed by atoms with van der Waals surface area (Å²) in [6.45, 7) is 0.638. The smallest absolute Gasteiger partial charge is 0.140 e. The number of allylic oxidation sites excluding steroid dienone is 1. The molecular weight excluding hydrogens is 414 g/mol. The summed E-state index contributed by atoms with van der Waals surface area (Å²) in [4.78, 5) is 17.8. The van der Waals surface area contributed by atoms with Crippen molar-refractivity contribution >= 4 is 23.3 Å². The van der Waals surface area contributed by atoms with Gasteiger partial charge in [-0.25, -0.2) is 15.0 Å². The third kappa shape index (κ3) is 4.69. The summed E-state index contributed by atoms with van der Waals surface area (Å²) in [7, 11) is 1.64. The first kappa shape index (κ1) is 20.7. The molecule has 5 rings (SSSR count). The van der Waals surface area contributed by atoms with Crippen molar-refractivity contribution < 1.29 is 4.74 Å². The second-order valence-corrected chi connectivity index (χ2v) is 7.91. The number of anilines is 1. The first-order chi connectivity index (χ1) is 16.2. The van der Waals surface area contributed by atoms with Crippen molar-refractivity contribution in [2.75, 3.05) is 12.4 Å². The minimum atomic E-state index is 0.476. The molecular formula is C25H25N7O. The molecule has 0 bridgehead atoms. The van der Waals surface area contributed by atoms with Crippen molar-refractivity contribution in [3.8, 4) is 17.1 Å². The highest BCUT2D eigenvalue weighted by Crippen LogP contribution is 2.25. The van der Waals surface area contributed by atoms with E-state index in [0.717, 1.165) is 45.3 Å². The van der Waals surface area contributed by atoms with Crippen LogP contribution in [0.5, 0.6) is 5.75 Å². The van der Waals surface area contributed by atoms with Gasteiger partial charge in [-0.3, -0.25) is 9.39 Å². The molecule has 1 saturated carbocycles. The minimum Gasteiger partial charge on any atom is -0.497 e. The summed E-state index contributed by atoms with van der Waals surface area (Å²) >= 11 is 0. The first-order valence-corrected chi connectivity index (χ1v) is 10.9. The molecule has 0 spiro atoms. The van der Waals surface area contributed by atoms with Gasteiger partial charge in [-0.05, 0) is 30.0 Å². The second kappa shape index (κ2) is 9.12. The van der Waals surface area contributed by atoms with E-state index < -0.39 is 0 Å². The van der Waals surface area contributed by atoms with Crippen LogP contribution in [0.1, 0.15) is 24.0 Å². The number of benzene rings is 1. The number of aromatic nitrogens is 4. The van der Waals surface area contributed by atoms with Gasteiger partial charge in [-0.2, -0.15) is 0 Å². The molecule has 1 aromatic carbocycles. The number of nitrogens with zero attached hydrogens (tertiary/aromatic N) is 5. The Balaban J connectivity index is 1.28. The summed E-state index contributed by atoms with van der Waals surface area (Å²) in [5, 5.41) is 3.37. The standard InChI is InChI=1S/C25H25N7O/c1-33-21-8-9-32-23(15-29-25(32)10-21)22-11-24(31-16-30-22)28-13-17-2-4-18(5-3-17)19(12-26)14-27-20-6-7-20/h2-5,8-12,14-16,20H,6-7,13,26H2,1H3,(H,28,30,31). The minimum absolute atomic E-state index is 0.476. The van der Waals surface area contributed by atoms with Gasteiger partial charge in [0, 0.05) is 42.9 Å². The Kier molecular flexibility index (Phi) is 5.72. The van der Waals surface area contributed by atoms with E-state index >= 15 is 0 Å². The van der Waals surface area contributed by atoms with E-state index in [1.54, 1.807) is 25.8 Å². The zero-order chi connectivity index (χ0) is 22.6. The lowest BCUT2D eigenvalue weighted by atomic mass is 10.1. The Morgan fingerprint density at radius 3 is 2.79 bits per heavy atom. The molecule has 166 valence electrons. The molecule has 1 aliphatic carbocycles. The van der Waals surface area contributed by atoms with Crippen molar-refractivity contribution in [1.29, 1.82) is 0 Å². The predicted octanol–water partition coefficient (Wildman–Crippen LogP) is 3.94. The number of methoxy groups -OCH3 is 1. The Morgan fingerprint density at radius 2 is 2.03 bits per heavy atom. The van der Waals surface area contributed by atoms with Crippen LogP contribution in [0.15, 0.2) is 72.4 Å². The number of pyridine rings is 1. The maximum atomic E-state index is 5.80. The van der Waals surface area contributed by atoms with E-state index in [4.69, 9.17) is 10.5 Å². The molecule has 8 heteroatoms. The zero-order valence-corrected chi connectivity index (χ0v) is 18.3. The zero-order valence-electron chi connectivity index (χ0n) is 18.3. The molecule has 0 saturated heterocycles. The molecule has 1 aliphatic rings. The third-order valence-corrected chi connectivity index (χ3v) is 5.56. The Hall–Kier alpha value is -4.20. The Morgan fingerprint density at radius 1 is 1.18 bits per heavy atom. The van der Waals surface area contributed by atoms with Crippen LogP contribution < -0.4 is 15.8 Å². The van der Waals surface area contributed by atoms with Gasteiger partial charge in [0.2, 0.25) is 0 Å². The van der Waals surface area contributed by atoms with Crippen LogP contribution in [0.25, 0.3) is 22.6 Å². The normalized spacial score (nSPS) is 14.2. The molecule has 1 fully saturated rings. The van der Waals surface area contributed by atoms with E-state index in [1.807, 2.05) is 35.0 Å². The van der Waals surface area contributed by atoms with Crippen LogP contribution in [-0.2, 0) is 6.54 Å². The molecule has 4 aromatic rings. The Labute approximate surface area is 191 Å². The summed E-state index contributed by atoms with van der Waals surface area (Å²) < 4.78 is 7.25. The topological polar surface area (TPSA) is 103 Å². The lowest BCUT2D eigenvalue weighted by Gasteiger charge is -2.09. The predicted molar refractivity (Wildman–Crippen MR) is 130 cm³/mol. The van der Waals surface area contributed by atoms with Gasteiger partial charge in [0.1, 0.15) is 23.5 Å². The first-order valence-electron chi connectivity index (χ1n) is 10.9. The van der Waals surface area contributed by atoms with Gasteiger partial charge in [-0.15, -0.1) is 0 Å². The summed E-state index contributed by atoms with van der Waals surface area (Å²) in [6, 6.07) is 14.5. The summed E-state index contributed by atoms with van der Waals surface area (Å²) in [5.41, 5.74) is 11.4. The van der Waals surface area contributed by atoms with E-state index in [2.05, 4.69) is 49.5 Å². The highest BCUT2D eigenvalue weighted by molar-refractivity contribution is 6.09. The fraction of sp³-hybridized carbons (Fsp3) is 0.200. The quantitative estimate of drug-likeness (QED) is 0.403. The van der Waals surface area contributed by atoms with Gasteiger partial charge >= 0.3 is 0 Å². The largest absolute Gasteiger partial charge is 0.497 e. The fourth-order valence-electron chi connectivity index (χ4n) is 3.50. The second-order valence-electron chi connectivity index (χ2n) is 7.91. The number of aliphatic imine (C=N–C) groups is 1. The van der Waals surface area contributed by atoms with Gasteiger partial charge < -0.3 is 15.8 Å². The SMILES string of the molecule is COc1ccn2c(-c3cc(NCc4ccc(C(C=NC5CC5)=CN)cc4)ncn3)cnc2c1. The molecule has 3 N–H and O–H groups in total. The van der Waals surface area contributed by atoms with Crippen LogP contribution >= 0.6 is 0 Å². The van der Waals surface area contributed by atoms with Crippen molar-refractivity contribution in [2.45, 2.75) is 25.4 Å². The molecule has 8 nitrogen and oxygen atoms in total. The molecule has 0 radical (unpaired) electrons. The molecule has 3 heterocycles. The van der Waals surface area contributed by atoms with Crippen molar-refractivity contribution in [2.24, 2.45) is 10.7 Å². The van der Waals surface area contributed by atoms with Crippen LogP contribution in [0.3, 0.4) is 0 Å². The number of nitrogens with one attached hydrogen (secondary N) is 1. The highest BCUT2D eigenvalue weighted by atomic mass is 16.5. The molecule has 3 aromatic heterocycles. The number of hydrogen-bond donors (Lipinski definition) is 2. The number of rotatable bonds is 8. The van der Waals surface area contributed by atoms with Gasteiger partial charge in [0.05, 0.1) is 30.7 Å². The van der Waals surface area contributed by atoms with Crippen molar-refractivity contribution in [1.82, 2.24) is 19.4 Å². The average Bonchev–Trinajstić information content (AvgIpc) is 3.60. The highest BCUT2D eigenvalue weighted by Gasteiger charge is 2.19. The van der Waals surface area contributed by atoms with Crippen LogP contribution in [0.4, 0.5) is 5.82 Å². The molecule has 33 heavy (non-hydrogen) atoms. The van der Waals surface area contributed by atoms with Crippen LogP contribution in [0, 0.1) is 0 Å². The van der Waals surface area contributed by atoms with Gasteiger partial charge in [0.25, 0.3) is 0 Å². The monoisotopic (exact) mass is 439 g/mol. The number of ether oxygens (including phenoxy) is 1.